The molecule has 0 heterocycles. The van der Waals surface area contributed by atoms with Crippen LogP contribution in [-0.2, 0) is 6.42 Å². The molecule has 0 saturated heterocycles. The molecule has 4 heteroatoms. The minimum absolute atomic E-state index is 0.581. The summed E-state index contributed by atoms with van der Waals surface area (Å²) in [6.45, 7) is -0.803. The van der Waals surface area contributed by atoms with E-state index in [0.29, 0.717) is 10.8 Å². The van der Waals surface area contributed by atoms with Crippen molar-refractivity contribution in [2.75, 3.05) is 12.2 Å². The molecule has 0 aliphatic rings. The third-order valence-corrected chi connectivity index (χ3v) is 2.61. The molecule has 1 aromatic carbocycles. The maximum atomic E-state index is 12.0. The standard InChI is InChI=1S/C10H11BrClFO/c11-5-1-2-8-6-9(12)3-4-10(8)14-7-13/h3-4,6H,1-2,5,7H2. The minimum Gasteiger partial charge on any atom is -0.463 e. The van der Waals surface area contributed by atoms with Crippen molar-refractivity contribution in [1.29, 1.82) is 0 Å². The lowest BCUT2D eigenvalue weighted by atomic mass is 10.1. The van der Waals surface area contributed by atoms with E-state index in [2.05, 4.69) is 15.9 Å². The van der Waals surface area contributed by atoms with Crippen LogP contribution in [0.2, 0.25) is 5.02 Å². The molecule has 0 N–H and O–H groups in total. The zero-order valence-corrected chi connectivity index (χ0v) is 9.94. The highest BCUT2D eigenvalue weighted by atomic mass is 79.9. The van der Waals surface area contributed by atoms with Gasteiger partial charge in [-0.3, -0.25) is 0 Å². The molecule has 0 aliphatic heterocycles. The van der Waals surface area contributed by atoms with Gasteiger partial charge in [0, 0.05) is 10.4 Å². The molecule has 1 nitrogen and oxygen atoms in total. The van der Waals surface area contributed by atoms with Crippen LogP contribution >= 0.6 is 27.5 Å². The van der Waals surface area contributed by atoms with Gasteiger partial charge < -0.3 is 4.74 Å². The van der Waals surface area contributed by atoms with Gasteiger partial charge in [-0.05, 0) is 36.6 Å². The molecule has 0 saturated carbocycles. The number of benzene rings is 1. The lowest BCUT2D eigenvalue weighted by Gasteiger charge is -2.08. The van der Waals surface area contributed by atoms with Crippen LogP contribution in [-0.4, -0.2) is 12.2 Å². The smallest absolute Gasteiger partial charge is 0.228 e. The van der Waals surface area contributed by atoms with Gasteiger partial charge in [0.15, 0.2) is 0 Å². The largest absolute Gasteiger partial charge is 0.463 e. The monoisotopic (exact) mass is 280 g/mol. The third kappa shape index (κ3) is 3.46. The van der Waals surface area contributed by atoms with Gasteiger partial charge in [-0.2, -0.15) is 0 Å². The highest BCUT2D eigenvalue weighted by Crippen LogP contribution is 2.24. The predicted molar refractivity (Wildman–Crippen MR) is 60.2 cm³/mol. The Morgan fingerprint density at radius 3 is 2.86 bits per heavy atom. The second-order valence-corrected chi connectivity index (χ2v) is 4.03. The Morgan fingerprint density at radius 1 is 1.43 bits per heavy atom. The fourth-order valence-electron chi connectivity index (χ4n) is 1.20. The van der Waals surface area contributed by atoms with E-state index in [1.165, 1.54) is 0 Å². The summed E-state index contributed by atoms with van der Waals surface area (Å²) in [7, 11) is 0. The maximum Gasteiger partial charge on any atom is 0.228 e. The van der Waals surface area contributed by atoms with Crippen LogP contribution in [0.25, 0.3) is 0 Å². The van der Waals surface area contributed by atoms with E-state index in [-0.39, 0.29) is 0 Å². The quantitative estimate of drug-likeness (QED) is 0.742. The van der Waals surface area contributed by atoms with Crippen molar-refractivity contribution in [3.63, 3.8) is 0 Å². The van der Waals surface area contributed by atoms with Gasteiger partial charge in [0.2, 0.25) is 6.86 Å². The second kappa shape index (κ2) is 6.25. The summed E-state index contributed by atoms with van der Waals surface area (Å²) >= 11 is 9.18. The van der Waals surface area contributed by atoms with Gasteiger partial charge in [-0.25, -0.2) is 4.39 Å². The van der Waals surface area contributed by atoms with Crippen molar-refractivity contribution in [3.05, 3.63) is 28.8 Å². The minimum atomic E-state index is -0.803. The molecule has 0 aliphatic carbocycles. The molecule has 0 aromatic heterocycles. The number of alkyl halides is 2. The number of halogens is 3. The van der Waals surface area contributed by atoms with Crippen molar-refractivity contribution in [1.82, 2.24) is 0 Å². The third-order valence-electron chi connectivity index (χ3n) is 1.81. The molecule has 14 heavy (non-hydrogen) atoms. The first-order valence-electron chi connectivity index (χ1n) is 4.31. The van der Waals surface area contributed by atoms with Crippen molar-refractivity contribution in [2.45, 2.75) is 12.8 Å². The maximum absolute atomic E-state index is 12.0. The van der Waals surface area contributed by atoms with Gasteiger partial charge in [-0.15, -0.1) is 0 Å². The van der Waals surface area contributed by atoms with Crippen LogP contribution in [0.3, 0.4) is 0 Å². The summed E-state index contributed by atoms with van der Waals surface area (Å²) in [5.74, 6) is 0.581. The number of ether oxygens (including phenoxy) is 1. The molecule has 0 fully saturated rings. The molecule has 0 amide bonds. The molecule has 0 unspecified atom stereocenters. The summed E-state index contributed by atoms with van der Waals surface area (Å²) in [6.07, 6.45) is 1.81. The lowest BCUT2D eigenvalue weighted by Crippen LogP contribution is -1.96. The Hall–Kier alpha value is -0.280. The Morgan fingerprint density at radius 2 is 2.21 bits per heavy atom. The Balaban J connectivity index is 2.79. The van der Waals surface area contributed by atoms with E-state index < -0.39 is 6.86 Å². The number of hydrogen-bond acceptors (Lipinski definition) is 1. The first-order chi connectivity index (χ1) is 6.77. The average molecular weight is 282 g/mol. The van der Waals surface area contributed by atoms with Crippen LogP contribution < -0.4 is 4.74 Å². The summed E-state index contributed by atoms with van der Waals surface area (Å²) in [5, 5.41) is 1.56. The van der Waals surface area contributed by atoms with Crippen LogP contribution in [0.1, 0.15) is 12.0 Å². The van der Waals surface area contributed by atoms with Gasteiger partial charge in [0.05, 0.1) is 0 Å². The van der Waals surface area contributed by atoms with E-state index >= 15 is 0 Å². The zero-order chi connectivity index (χ0) is 10.4. The summed E-state index contributed by atoms with van der Waals surface area (Å²) in [5.41, 5.74) is 0.953. The van der Waals surface area contributed by atoms with E-state index in [9.17, 15) is 4.39 Å². The molecular weight excluding hydrogens is 270 g/mol. The van der Waals surface area contributed by atoms with Crippen LogP contribution in [0, 0.1) is 0 Å². The van der Waals surface area contributed by atoms with Gasteiger partial charge in [0.25, 0.3) is 0 Å². The Labute approximate surface area is 96.3 Å². The van der Waals surface area contributed by atoms with Crippen molar-refractivity contribution >= 4 is 27.5 Å². The fraction of sp³-hybridized carbons (Fsp3) is 0.400. The highest BCUT2D eigenvalue weighted by Gasteiger charge is 2.04. The first-order valence-corrected chi connectivity index (χ1v) is 5.81. The van der Waals surface area contributed by atoms with Crippen LogP contribution in [0.5, 0.6) is 5.75 Å². The van der Waals surface area contributed by atoms with Crippen molar-refractivity contribution in [2.24, 2.45) is 0 Å². The van der Waals surface area contributed by atoms with Gasteiger partial charge in [-0.1, -0.05) is 27.5 Å². The molecule has 0 radical (unpaired) electrons. The van der Waals surface area contributed by atoms with E-state index in [1.807, 2.05) is 6.07 Å². The van der Waals surface area contributed by atoms with E-state index in [4.69, 9.17) is 16.3 Å². The SMILES string of the molecule is FCOc1ccc(Cl)cc1CCCBr. The normalized spacial score (nSPS) is 10.2. The molecule has 0 spiro atoms. The van der Waals surface area contributed by atoms with Crippen molar-refractivity contribution < 1.29 is 9.13 Å². The molecule has 0 atom stereocenters. The predicted octanol–water partition coefficient (Wildman–Crippen LogP) is 3.97. The second-order valence-electron chi connectivity index (χ2n) is 2.80. The topological polar surface area (TPSA) is 9.23 Å². The zero-order valence-electron chi connectivity index (χ0n) is 7.60. The van der Waals surface area contributed by atoms with E-state index in [0.717, 1.165) is 23.7 Å². The molecule has 78 valence electrons. The molecule has 0 bridgehead atoms. The highest BCUT2D eigenvalue weighted by molar-refractivity contribution is 9.09. The molecular formula is C10H11BrClFO. The van der Waals surface area contributed by atoms with Gasteiger partial charge in [0.1, 0.15) is 5.75 Å². The van der Waals surface area contributed by atoms with E-state index in [1.54, 1.807) is 12.1 Å². The summed E-state index contributed by atoms with van der Waals surface area (Å²) < 4.78 is 16.9. The number of aryl methyl sites for hydroxylation is 1. The van der Waals surface area contributed by atoms with Crippen molar-refractivity contribution in [3.8, 4) is 5.75 Å². The number of hydrogen-bond donors (Lipinski definition) is 0. The molecule has 1 rings (SSSR count). The average Bonchev–Trinajstić information content (AvgIpc) is 2.18. The first kappa shape index (κ1) is 11.8. The number of rotatable bonds is 5. The summed E-state index contributed by atoms with van der Waals surface area (Å²) in [6, 6.07) is 5.21. The Kier molecular flexibility index (Phi) is 5.26. The fourth-order valence-corrected chi connectivity index (χ4v) is 1.68. The van der Waals surface area contributed by atoms with Crippen LogP contribution in [0.15, 0.2) is 18.2 Å². The van der Waals surface area contributed by atoms with Gasteiger partial charge >= 0.3 is 0 Å². The Bertz CT molecular complexity index is 293. The van der Waals surface area contributed by atoms with Crippen LogP contribution in [0.4, 0.5) is 4.39 Å². The molecule has 1 aromatic rings. The summed E-state index contributed by atoms with van der Waals surface area (Å²) in [4.78, 5) is 0. The lowest BCUT2D eigenvalue weighted by molar-refractivity contribution is 0.190.